The molecule has 4 amide bonds. The van der Waals surface area contributed by atoms with E-state index in [1.165, 1.54) is 85.6 Å². The second kappa shape index (κ2) is 50.2. The molecule has 7 fully saturated rings. The zero-order valence-corrected chi connectivity index (χ0v) is 78.5. The van der Waals surface area contributed by atoms with Gasteiger partial charge in [-0.15, -0.1) is 26.2 Å². The van der Waals surface area contributed by atoms with E-state index in [-0.39, 0.29) is 303 Å². The number of ether oxygens (including phenoxy) is 4. The number of hydrogen-bond acceptors (Lipinski definition) is 12. The molecule has 12 rings (SSSR count). The number of amides is 4. The number of allylic oxidation sites excluding steroid dienone is 1. The minimum Gasteiger partial charge on any atom is -0.674 e. The molecule has 7 saturated heterocycles. The molecule has 4 aromatic rings. The quantitative estimate of drug-likeness (QED) is 0.120. The van der Waals surface area contributed by atoms with Crippen molar-refractivity contribution in [3.05, 3.63) is 144 Å². The molecule has 4 aromatic carbocycles. The standard InChI is InChI=1S/2C17H23N2O3S.C17H21N2O3S.C17H23N2O2S.7CH4.4Ac/c3*1-11-7-14(19-10-15(9-18)22-17(19)20)8-12(2)16(11)13-3-5-23(21)6-4-13;1-11-7-14(19-10-15(9-18)21-17(19)20)8-12(2)16(11)13-3-5-22-6-4-13;;;;;;;;;;;/h2*7-8,13,15,18H,3-6,9-10H2,1-2H3;3,7-8,15,18H,4-6,9-10H2,1-2H3;7-8,13,15,18H,3-6,9-10H2,1-2H3;7*1H4;;;;/q4*-1;;;;;;;;;;;/t2*13?,15-,23?;15-,23?;15-;;;;;;;;;;;/m0000.........../s1. The van der Waals surface area contributed by atoms with E-state index in [1.807, 2.05) is 62.0 Å². The van der Waals surface area contributed by atoms with E-state index < -0.39 is 32.4 Å². The first kappa shape index (κ1) is 106. The molecule has 0 aromatic heterocycles. The zero-order chi connectivity index (χ0) is 65.4. The summed E-state index contributed by atoms with van der Waals surface area (Å²) in [6.45, 7) is 18.9. The molecule has 5 atom stereocenters. The van der Waals surface area contributed by atoms with Gasteiger partial charge in [-0.1, -0.05) is 58.1 Å². The fourth-order valence-electron chi connectivity index (χ4n) is 14.2. The van der Waals surface area contributed by atoms with E-state index in [4.69, 9.17) is 41.9 Å². The van der Waals surface area contributed by atoms with E-state index in [0.29, 0.717) is 49.7 Å². The second-order valence-corrected chi connectivity index (χ2v) is 31.4. The molecule has 4 radical (unpaired) electrons. The molecule has 0 bridgehead atoms. The van der Waals surface area contributed by atoms with E-state index in [2.05, 4.69) is 59.8 Å². The Morgan fingerprint density at radius 2 is 0.627 bits per heavy atom. The average molecular weight is 2340 g/mol. The molecule has 8 heterocycles. The first-order valence-corrected chi connectivity index (χ1v) is 37.5. The number of rotatable bonds is 12. The van der Waals surface area contributed by atoms with Gasteiger partial charge >= 0.3 is 24.4 Å². The smallest absolute Gasteiger partial charge is 0.414 e. The molecule has 27 heteroatoms. The van der Waals surface area contributed by atoms with Crippen molar-refractivity contribution in [2.45, 2.75) is 194 Å². The second-order valence-electron chi connectivity index (χ2n) is 25.1. The molecular formula is C75H118Ac4N8O11S4-4. The Labute approximate surface area is 769 Å². The van der Waals surface area contributed by atoms with Gasteiger partial charge in [0.1, 0.15) is 24.4 Å². The molecular weight excluding hydrogens is 2230 g/mol. The van der Waals surface area contributed by atoms with Gasteiger partial charge in [-0.05, 0) is 250 Å². The van der Waals surface area contributed by atoms with Crippen LogP contribution in [0.1, 0.15) is 181 Å². The Hall–Kier alpha value is 0.106. The van der Waals surface area contributed by atoms with Gasteiger partial charge in [-0.25, -0.2) is 19.2 Å². The number of carbonyl (C=O) groups excluding carboxylic acids is 4. The summed E-state index contributed by atoms with van der Waals surface area (Å²) in [6, 6.07) is 16.4. The van der Waals surface area contributed by atoms with Gasteiger partial charge in [-0.2, -0.15) is 11.8 Å². The Bertz CT molecular complexity index is 3250. The normalized spacial score (nSPS) is 23.1. The maximum atomic E-state index is 12.0. The maximum absolute atomic E-state index is 12.0. The number of nitrogens with one attached hydrogen (secondary N) is 4. The Kier molecular flexibility index (Phi) is 52.3. The molecule has 0 spiro atoms. The number of aryl methyl sites for hydroxylation is 8. The third-order valence-corrected chi connectivity index (χ3v) is 23.6. The SMILES string of the molecule is C.C.C.C.C.C.C.Cc1cc(N2C[C@H](C[NH-])OC2=O)cc(C)c1C1=CCS(=O)CC1.Cc1cc(N2C[C@H](C[NH-])OC2=O)cc(C)c1C1CCS(=O)CC1.Cc1cc(N2C[C@H](C[NH-])OC2=O)cc(C)c1C1CCS(=O)CC1.Cc1cc(N2C[C@H](C[NH-])OC2=O)cc(C)c1C1CCSCC1.[Ac].[Ac].[Ac].[Ac]. The van der Waals surface area contributed by atoms with Gasteiger partial charge in [0, 0.05) is 266 Å². The minimum absolute atomic E-state index is 0. The van der Waals surface area contributed by atoms with Crippen molar-refractivity contribution in [1.29, 1.82) is 0 Å². The molecule has 102 heavy (non-hydrogen) atoms. The third-order valence-electron chi connectivity index (χ3n) is 18.6. The number of benzene rings is 4. The molecule has 0 aliphatic carbocycles. The predicted octanol–water partition coefficient (Wildman–Crippen LogP) is 18.6. The van der Waals surface area contributed by atoms with Gasteiger partial charge in [-0.3, -0.25) is 32.2 Å². The van der Waals surface area contributed by atoms with Gasteiger partial charge in [0.05, 0.1) is 26.2 Å². The Morgan fingerprint density at radius 3 is 0.853 bits per heavy atom. The van der Waals surface area contributed by atoms with Crippen LogP contribution in [0.3, 0.4) is 0 Å². The molecule has 8 aliphatic rings. The number of hydrogen-bond donors (Lipinski definition) is 0. The molecule has 4 N–H and O–H groups in total. The van der Waals surface area contributed by atoms with Crippen molar-refractivity contribution in [1.82, 2.24) is 0 Å². The van der Waals surface area contributed by atoms with E-state index in [0.717, 1.165) is 94.7 Å². The van der Waals surface area contributed by atoms with Crippen LogP contribution in [0.2, 0.25) is 0 Å². The summed E-state index contributed by atoms with van der Waals surface area (Å²) >= 11 is 2.04. The molecule has 1 unspecified atom stereocenters. The molecule has 564 valence electrons. The number of cyclic esters (lactones) is 4. The fourth-order valence-corrected chi connectivity index (χ4v) is 18.9. The van der Waals surface area contributed by atoms with Crippen molar-refractivity contribution in [2.75, 3.05) is 118 Å². The largest absolute Gasteiger partial charge is 0.674 e. The maximum Gasteiger partial charge on any atom is 0.414 e. The topological polar surface area (TPSA) is 265 Å². The fraction of sp³-hybridized carbons (Fsp3) is 0.600. The van der Waals surface area contributed by atoms with Gasteiger partial charge in [0.25, 0.3) is 0 Å². The number of anilines is 4. The summed E-state index contributed by atoms with van der Waals surface area (Å²) in [4.78, 5) is 54.4. The van der Waals surface area contributed by atoms with Crippen molar-refractivity contribution >= 4 is 96.9 Å². The molecule has 8 aliphatic heterocycles. The number of nitrogens with zero attached hydrogens (tertiary/aromatic N) is 4. The van der Waals surface area contributed by atoms with Gasteiger partial charge in [0.2, 0.25) is 0 Å². The van der Waals surface area contributed by atoms with Crippen LogP contribution in [0.25, 0.3) is 28.5 Å². The Balaban J connectivity index is -0.00000124. The van der Waals surface area contributed by atoms with Crippen LogP contribution in [-0.4, -0.2) is 160 Å². The predicted molar refractivity (Wildman–Crippen MR) is 417 cm³/mol. The van der Waals surface area contributed by atoms with Crippen LogP contribution >= 0.6 is 11.8 Å². The molecule has 0 saturated carbocycles. The van der Waals surface area contributed by atoms with E-state index >= 15 is 0 Å². The third kappa shape index (κ3) is 27.2. The van der Waals surface area contributed by atoms with Crippen LogP contribution in [0.4, 0.5) is 41.9 Å². The average Bonchev–Trinajstić information content (AvgIpc) is 1.38. The Morgan fingerprint density at radius 1 is 0.382 bits per heavy atom. The summed E-state index contributed by atoms with van der Waals surface area (Å²) in [7, 11) is -2.03. The van der Waals surface area contributed by atoms with E-state index in [1.54, 1.807) is 19.6 Å². The van der Waals surface area contributed by atoms with Crippen LogP contribution in [0.5, 0.6) is 0 Å². The van der Waals surface area contributed by atoms with Crippen LogP contribution < -0.4 is 19.6 Å². The minimum atomic E-state index is -0.728. The first-order chi connectivity index (χ1) is 43.6. The van der Waals surface area contributed by atoms with Crippen molar-refractivity contribution in [2.24, 2.45) is 0 Å². The summed E-state index contributed by atoms with van der Waals surface area (Å²) in [5, 5.41) is 0. The summed E-state index contributed by atoms with van der Waals surface area (Å²) in [6.07, 6.45) is 6.56. The monoisotopic (exact) mass is 2340 g/mol. The van der Waals surface area contributed by atoms with Crippen molar-refractivity contribution in [3.8, 4) is 0 Å². The first-order valence-electron chi connectivity index (χ1n) is 31.9. The van der Waals surface area contributed by atoms with Crippen molar-refractivity contribution in [3.63, 3.8) is 0 Å². The molecule has 19 nitrogen and oxygen atoms in total. The number of carbonyl (C=O) groups is 4. The number of thioether (sulfide) groups is 1. The van der Waals surface area contributed by atoms with Gasteiger partial charge in [0.15, 0.2) is 0 Å². The zero-order valence-electron chi connectivity index (χ0n) is 56.2. The van der Waals surface area contributed by atoms with Gasteiger partial charge < -0.3 is 41.9 Å². The summed E-state index contributed by atoms with van der Waals surface area (Å²) in [5.41, 5.74) is 49.1. The summed E-state index contributed by atoms with van der Waals surface area (Å²) < 4.78 is 55.4. The van der Waals surface area contributed by atoms with Crippen LogP contribution in [0.15, 0.2) is 54.6 Å². The summed E-state index contributed by atoms with van der Waals surface area (Å²) in [5.74, 6) is 8.57. The van der Waals surface area contributed by atoms with E-state index in [9.17, 15) is 31.8 Å². The van der Waals surface area contributed by atoms with Crippen molar-refractivity contribution < 1.29 is 227 Å². The van der Waals surface area contributed by atoms with Crippen LogP contribution in [-0.2, 0) is 51.3 Å². The van der Waals surface area contributed by atoms with Crippen LogP contribution in [0, 0.1) is 232 Å².